The van der Waals surface area contributed by atoms with Gasteiger partial charge in [-0.25, -0.2) is 0 Å². The monoisotopic (exact) mass is 295 g/mol. The summed E-state index contributed by atoms with van der Waals surface area (Å²) in [7, 11) is 1.57. The highest BCUT2D eigenvalue weighted by Crippen LogP contribution is 2.49. The highest BCUT2D eigenvalue weighted by molar-refractivity contribution is 7.12. The zero-order valence-corrected chi connectivity index (χ0v) is 12.1. The van der Waals surface area contributed by atoms with E-state index in [4.69, 9.17) is 4.74 Å². The fraction of sp³-hybridized carbons (Fsp3) is 0.571. The molecule has 1 aliphatic carbocycles. The van der Waals surface area contributed by atoms with E-state index in [9.17, 15) is 14.7 Å². The number of thiophene rings is 1. The number of nitrogens with zero attached hydrogens (tertiary/aromatic N) is 1. The molecular weight excluding hydrogens is 278 g/mol. The van der Waals surface area contributed by atoms with Gasteiger partial charge < -0.3 is 14.7 Å². The Balaban J connectivity index is 1.80. The van der Waals surface area contributed by atoms with Crippen molar-refractivity contribution in [2.75, 3.05) is 20.2 Å². The lowest BCUT2D eigenvalue weighted by Gasteiger charge is -2.23. The van der Waals surface area contributed by atoms with Crippen molar-refractivity contribution in [2.45, 2.75) is 19.3 Å². The second kappa shape index (κ2) is 4.77. The molecule has 20 heavy (non-hydrogen) atoms. The van der Waals surface area contributed by atoms with Gasteiger partial charge >= 0.3 is 5.97 Å². The van der Waals surface area contributed by atoms with Crippen LogP contribution in [-0.2, 0) is 4.79 Å². The van der Waals surface area contributed by atoms with Crippen molar-refractivity contribution in [1.29, 1.82) is 0 Å². The third-order valence-corrected chi connectivity index (χ3v) is 5.50. The van der Waals surface area contributed by atoms with Crippen molar-refractivity contribution in [3.63, 3.8) is 0 Å². The van der Waals surface area contributed by atoms with E-state index in [1.165, 1.54) is 11.3 Å². The number of methoxy groups -OCH3 is 1. The van der Waals surface area contributed by atoms with Gasteiger partial charge in [0.1, 0.15) is 5.75 Å². The van der Waals surface area contributed by atoms with Crippen LogP contribution in [0.2, 0.25) is 0 Å². The van der Waals surface area contributed by atoms with Crippen molar-refractivity contribution in [3.05, 3.63) is 16.3 Å². The number of ether oxygens (including phenoxy) is 1. The van der Waals surface area contributed by atoms with E-state index in [1.807, 2.05) is 0 Å². The number of fused-ring (bicyclic) bond motifs is 1. The predicted molar refractivity (Wildman–Crippen MR) is 74.2 cm³/mol. The number of hydrogen-bond acceptors (Lipinski definition) is 4. The summed E-state index contributed by atoms with van der Waals surface area (Å²) >= 11 is 1.34. The van der Waals surface area contributed by atoms with Gasteiger partial charge in [0.2, 0.25) is 0 Å². The molecular formula is C14H17NO4S. The van der Waals surface area contributed by atoms with Gasteiger partial charge in [0.05, 0.1) is 17.4 Å². The van der Waals surface area contributed by atoms with Crippen molar-refractivity contribution in [2.24, 2.45) is 11.3 Å². The van der Waals surface area contributed by atoms with Crippen LogP contribution in [0, 0.1) is 11.3 Å². The summed E-state index contributed by atoms with van der Waals surface area (Å²) < 4.78 is 5.09. The third kappa shape index (κ3) is 1.90. The number of hydrogen-bond donors (Lipinski definition) is 1. The van der Waals surface area contributed by atoms with Crippen molar-refractivity contribution >= 4 is 23.2 Å². The van der Waals surface area contributed by atoms with E-state index >= 15 is 0 Å². The lowest BCUT2D eigenvalue weighted by molar-refractivity contribution is -0.149. The molecule has 5 nitrogen and oxygen atoms in total. The van der Waals surface area contributed by atoms with Gasteiger partial charge in [0.15, 0.2) is 0 Å². The number of amides is 1. The van der Waals surface area contributed by atoms with Gasteiger partial charge in [0, 0.05) is 24.5 Å². The molecule has 1 saturated carbocycles. The summed E-state index contributed by atoms with van der Waals surface area (Å²) in [4.78, 5) is 26.4. The molecule has 2 atom stereocenters. The Hall–Kier alpha value is -1.56. The maximum absolute atomic E-state index is 12.5. The van der Waals surface area contributed by atoms with Crippen LogP contribution in [0.25, 0.3) is 0 Å². The van der Waals surface area contributed by atoms with Crippen LogP contribution >= 0.6 is 11.3 Å². The second-order valence-corrected chi connectivity index (χ2v) is 6.50. The molecule has 1 aliphatic heterocycles. The Morgan fingerprint density at radius 3 is 2.95 bits per heavy atom. The molecule has 1 aromatic rings. The van der Waals surface area contributed by atoms with Gasteiger partial charge in [-0.1, -0.05) is 6.42 Å². The maximum atomic E-state index is 12.5. The lowest BCUT2D eigenvalue weighted by Crippen LogP contribution is -2.37. The molecule has 0 spiro atoms. The Bertz CT molecular complexity index is 555. The first-order chi connectivity index (χ1) is 9.56. The first-order valence-corrected chi connectivity index (χ1v) is 7.60. The first kappa shape index (κ1) is 13.4. The number of carboxylic acid groups (broad SMARTS) is 1. The molecule has 3 rings (SSSR count). The van der Waals surface area contributed by atoms with E-state index in [0.29, 0.717) is 30.1 Å². The second-order valence-electron chi connectivity index (χ2n) is 5.59. The molecule has 1 amide bonds. The largest absolute Gasteiger partial charge is 0.496 e. The number of carbonyl (C=O) groups excluding carboxylic acids is 1. The smallest absolute Gasteiger partial charge is 0.311 e. The minimum absolute atomic E-state index is 0.0756. The standard InChI is InChI=1S/C14H17NO4S/c1-19-10-5-11(20-7-10)12(16)15-6-9-3-2-4-14(9,8-15)13(17)18/h5,7,9H,2-4,6,8H2,1H3,(H,17,18)/t9-,14+/m0/s1. The average Bonchev–Trinajstić information content (AvgIpc) is 3.11. The molecule has 0 aromatic carbocycles. The van der Waals surface area contributed by atoms with Crippen LogP contribution in [0.1, 0.15) is 28.9 Å². The van der Waals surface area contributed by atoms with Crippen molar-refractivity contribution in [1.82, 2.24) is 4.90 Å². The average molecular weight is 295 g/mol. The van der Waals surface area contributed by atoms with Crippen LogP contribution in [-0.4, -0.2) is 42.1 Å². The summed E-state index contributed by atoms with van der Waals surface area (Å²) in [6, 6.07) is 1.72. The van der Waals surface area contributed by atoms with Crippen molar-refractivity contribution in [3.8, 4) is 5.75 Å². The minimum atomic E-state index is -0.751. The van der Waals surface area contributed by atoms with Crippen molar-refractivity contribution < 1.29 is 19.4 Å². The molecule has 1 saturated heterocycles. The zero-order chi connectivity index (χ0) is 14.3. The fourth-order valence-electron chi connectivity index (χ4n) is 3.49. The zero-order valence-electron chi connectivity index (χ0n) is 11.3. The van der Waals surface area contributed by atoms with Crippen LogP contribution in [0.5, 0.6) is 5.75 Å². The maximum Gasteiger partial charge on any atom is 0.311 e. The number of rotatable bonds is 3. The number of carboxylic acids is 1. The van der Waals surface area contributed by atoms with Crippen LogP contribution < -0.4 is 4.74 Å². The van der Waals surface area contributed by atoms with Gasteiger partial charge in [-0.15, -0.1) is 11.3 Å². The van der Waals surface area contributed by atoms with Gasteiger partial charge in [-0.2, -0.15) is 0 Å². The number of aliphatic carboxylic acids is 1. The molecule has 1 N–H and O–H groups in total. The summed E-state index contributed by atoms with van der Waals surface area (Å²) in [6.07, 6.45) is 2.54. The van der Waals surface area contributed by atoms with E-state index in [1.54, 1.807) is 23.5 Å². The Kier molecular flexibility index (Phi) is 3.20. The Morgan fingerprint density at radius 2 is 2.35 bits per heavy atom. The van der Waals surface area contributed by atoms with Gasteiger partial charge in [0.25, 0.3) is 5.91 Å². The molecule has 0 radical (unpaired) electrons. The normalized spacial score (nSPS) is 28.4. The summed E-state index contributed by atoms with van der Waals surface area (Å²) in [5.74, 6) is -0.0520. The molecule has 2 heterocycles. The van der Waals surface area contributed by atoms with E-state index in [2.05, 4.69) is 0 Å². The summed E-state index contributed by atoms with van der Waals surface area (Å²) in [5.41, 5.74) is -0.711. The number of carbonyl (C=O) groups is 2. The lowest BCUT2D eigenvalue weighted by atomic mass is 9.81. The molecule has 0 bridgehead atoms. The topological polar surface area (TPSA) is 66.8 Å². The van der Waals surface area contributed by atoms with Gasteiger partial charge in [-0.3, -0.25) is 9.59 Å². The van der Waals surface area contributed by atoms with E-state index < -0.39 is 11.4 Å². The SMILES string of the molecule is COc1csc(C(=O)N2C[C@@H]3CCC[C@@]3(C(=O)O)C2)c1. The Morgan fingerprint density at radius 1 is 1.55 bits per heavy atom. The molecule has 2 fully saturated rings. The molecule has 2 aliphatic rings. The van der Waals surface area contributed by atoms with Crippen LogP contribution in [0.3, 0.4) is 0 Å². The van der Waals surface area contributed by atoms with Crippen LogP contribution in [0.4, 0.5) is 0 Å². The first-order valence-electron chi connectivity index (χ1n) is 6.72. The van der Waals surface area contributed by atoms with E-state index in [-0.39, 0.29) is 11.8 Å². The van der Waals surface area contributed by atoms with Gasteiger partial charge in [-0.05, 0) is 18.8 Å². The fourth-order valence-corrected chi connectivity index (χ4v) is 4.31. The highest BCUT2D eigenvalue weighted by atomic mass is 32.1. The number of likely N-dealkylation sites (tertiary alicyclic amines) is 1. The summed E-state index contributed by atoms with van der Waals surface area (Å²) in [6.45, 7) is 0.900. The molecule has 0 unspecified atom stereocenters. The minimum Gasteiger partial charge on any atom is -0.496 e. The Labute approximate surface area is 121 Å². The predicted octanol–water partition coefficient (Wildman–Crippen LogP) is 2.08. The molecule has 1 aromatic heterocycles. The third-order valence-electron chi connectivity index (χ3n) is 4.61. The molecule has 108 valence electrons. The summed E-state index contributed by atoms with van der Waals surface area (Å²) in [5, 5.41) is 11.3. The highest BCUT2D eigenvalue weighted by Gasteiger charge is 2.55. The quantitative estimate of drug-likeness (QED) is 0.927. The van der Waals surface area contributed by atoms with E-state index in [0.717, 1.165) is 12.8 Å². The van der Waals surface area contributed by atoms with Crippen LogP contribution in [0.15, 0.2) is 11.4 Å². The molecule has 6 heteroatoms.